The molecule has 4 heteroatoms. The van der Waals surface area contributed by atoms with Crippen LogP contribution in [0.4, 0.5) is 0 Å². The molecule has 15 heavy (non-hydrogen) atoms. The number of aryl methyl sites for hydroxylation is 1. The van der Waals surface area contributed by atoms with Gasteiger partial charge in [-0.1, -0.05) is 0 Å². The molecule has 0 radical (unpaired) electrons. The van der Waals surface area contributed by atoms with Gasteiger partial charge in [-0.15, -0.1) is 0 Å². The standard InChI is InChI=1S/C11H10N4/c1-7-4-9-10(6-13-7)15-11(14-9)8-2-3-12-5-8/h2-6,12H,1H3,(H,14,15). The van der Waals surface area contributed by atoms with Crippen molar-refractivity contribution in [3.63, 3.8) is 0 Å². The molecule has 0 saturated heterocycles. The van der Waals surface area contributed by atoms with Crippen LogP contribution in [0.25, 0.3) is 22.4 Å². The summed E-state index contributed by atoms with van der Waals surface area (Å²) in [5, 5.41) is 0. The number of fused-ring (bicyclic) bond motifs is 1. The van der Waals surface area contributed by atoms with E-state index in [1.165, 1.54) is 0 Å². The Labute approximate surface area is 86.4 Å². The minimum Gasteiger partial charge on any atom is -0.367 e. The number of nitrogens with zero attached hydrogens (tertiary/aromatic N) is 2. The summed E-state index contributed by atoms with van der Waals surface area (Å²) in [6, 6.07) is 3.96. The highest BCUT2D eigenvalue weighted by Crippen LogP contribution is 2.19. The summed E-state index contributed by atoms with van der Waals surface area (Å²) in [6.07, 6.45) is 5.61. The van der Waals surface area contributed by atoms with Crippen molar-refractivity contribution in [2.45, 2.75) is 6.92 Å². The zero-order chi connectivity index (χ0) is 10.3. The maximum atomic E-state index is 4.50. The normalized spacial score (nSPS) is 11.0. The van der Waals surface area contributed by atoms with E-state index in [4.69, 9.17) is 0 Å². The fraction of sp³-hybridized carbons (Fsp3) is 0.0909. The quantitative estimate of drug-likeness (QED) is 0.630. The average Bonchev–Trinajstić information content (AvgIpc) is 2.84. The second-order valence-electron chi connectivity index (χ2n) is 3.53. The number of pyridine rings is 1. The molecule has 0 amide bonds. The second-order valence-corrected chi connectivity index (χ2v) is 3.53. The van der Waals surface area contributed by atoms with Gasteiger partial charge < -0.3 is 9.97 Å². The summed E-state index contributed by atoms with van der Waals surface area (Å²) in [7, 11) is 0. The number of hydrogen-bond donors (Lipinski definition) is 2. The summed E-state index contributed by atoms with van der Waals surface area (Å²) in [5.41, 5.74) is 3.97. The first kappa shape index (κ1) is 8.23. The highest BCUT2D eigenvalue weighted by molar-refractivity contribution is 5.78. The van der Waals surface area contributed by atoms with E-state index in [1.807, 2.05) is 37.6 Å². The molecule has 0 bridgehead atoms. The molecule has 0 aromatic carbocycles. The Morgan fingerprint density at radius 3 is 3.07 bits per heavy atom. The lowest BCUT2D eigenvalue weighted by molar-refractivity contribution is 1.22. The molecule has 0 spiro atoms. The van der Waals surface area contributed by atoms with Gasteiger partial charge in [-0.25, -0.2) is 4.98 Å². The molecule has 0 unspecified atom stereocenters. The number of H-pyrrole nitrogens is 2. The van der Waals surface area contributed by atoms with E-state index in [2.05, 4.69) is 19.9 Å². The molecule has 3 heterocycles. The van der Waals surface area contributed by atoms with Crippen LogP contribution in [0, 0.1) is 6.92 Å². The Hall–Kier alpha value is -2.10. The maximum absolute atomic E-state index is 4.50. The van der Waals surface area contributed by atoms with Crippen LogP contribution in [0.2, 0.25) is 0 Å². The minimum atomic E-state index is 0.874. The number of aromatic nitrogens is 4. The average molecular weight is 198 g/mol. The van der Waals surface area contributed by atoms with Crippen LogP contribution in [0.1, 0.15) is 5.69 Å². The van der Waals surface area contributed by atoms with Crippen molar-refractivity contribution >= 4 is 11.0 Å². The fourth-order valence-electron chi connectivity index (χ4n) is 1.62. The van der Waals surface area contributed by atoms with Gasteiger partial charge in [-0.2, -0.15) is 0 Å². The van der Waals surface area contributed by atoms with Gasteiger partial charge >= 0.3 is 0 Å². The number of aromatic amines is 2. The van der Waals surface area contributed by atoms with Crippen LogP contribution in [0.3, 0.4) is 0 Å². The van der Waals surface area contributed by atoms with Crippen molar-refractivity contribution < 1.29 is 0 Å². The van der Waals surface area contributed by atoms with E-state index in [-0.39, 0.29) is 0 Å². The molecule has 0 aliphatic carbocycles. The van der Waals surface area contributed by atoms with Gasteiger partial charge in [0.05, 0.1) is 17.2 Å². The zero-order valence-corrected chi connectivity index (χ0v) is 8.28. The monoisotopic (exact) mass is 198 g/mol. The molecule has 74 valence electrons. The van der Waals surface area contributed by atoms with Gasteiger partial charge in [-0.3, -0.25) is 4.98 Å². The van der Waals surface area contributed by atoms with E-state index in [9.17, 15) is 0 Å². The zero-order valence-electron chi connectivity index (χ0n) is 8.28. The summed E-state index contributed by atoms with van der Waals surface area (Å²) >= 11 is 0. The molecule has 0 atom stereocenters. The molecule has 4 nitrogen and oxygen atoms in total. The third-order valence-electron chi connectivity index (χ3n) is 2.38. The van der Waals surface area contributed by atoms with Gasteiger partial charge in [0.2, 0.25) is 0 Å². The molecule has 3 aromatic heterocycles. The Morgan fingerprint density at radius 1 is 1.33 bits per heavy atom. The van der Waals surface area contributed by atoms with E-state index < -0.39 is 0 Å². The van der Waals surface area contributed by atoms with Gasteiger partial charge in [-0.05, 0) is 19.1 Å². The molecule has 0 aliphatic heterocycles. The van der Waals surface area contributed by atoms with Crippen molar-refractivity contribution in [1.29, 1.82) is 0 Å². The topological polar surface area (TPSA) is 57.4 Å². The number of nitrogens with one attached hydrogen (secondary N) is 2. The van der Waals surface area contributed by atoms with Crippen LogP contribution in [0.5, 0.6) is 0 Å². The lowest BCUT2D eigenvalue weighted by Crippen LogP contribution is -1.78. The van der Waals surface area contributed by atoms with Crippen molar-refractivity contribution in [2.24, 2.45) is 0 Å². The smallest absolute Gasteiger partial charge is 0.140 e. The highest BCUT2D eigenvalue weighted by Gasteiger charge is 2.05. The largest absolute Gasteiger partial charge is 0.367 e. The van der Waals surface area contributed by atoms with Crippen molar-refractivity contribution in [3.8, 4) is 11.4 Å². The summed E-state index contributed by atoms with van der Waals surface area (Å²) < 4.78 is 0. The van der Waals surface area contributed by atoms with Crippen molar-refractivity contribution in [2.75, 3.05) is 0 Å². The number of hydrogen-bond acceptors (Lipinski definition) is 2. The molecule has 2 N–H and O–H groups in total. The fourth-order valence-corrected chi connectivity index (χ4v) is 1.62. The molecule has 3 aromatic rings. The summed E-state index contributed by atoms with van der Waals surface area (Å²) in [5.74, 6) is 0.874. The van der Waals surface area contributed by atoms with Gasteiger partial charge in [0.15, 0.2) is 0 Å². The van der Waals surface area contributed by atoms with E-state index in [0.29, 0.717) is 0 Å². The summed E-state index contributed by atoms with van der Waals surface area (Å²) in [4.78, 5) is 15.0. The van der Waals surface area contributed by atoms with Crippen molar-refractivity contribution in [1.82, 2.24) is 19.9 Å². The third kappa shape index (κ3) is 1.30. The first-order valence-corrected chi connectivity index (χ1v) is 4.78. The third-order valence-corrected chi connectivity index (χ3v) is 2.38. The SMILES string of the molecule is Cc1cc2nc(-c3cc[nH]c3)[nH]c2cn1. The second kappa shape index (κ2) is 2.95. The molecule has 0 aliphatic rings. The Morgan fingerprint density at radius 2 is 2.27 bits per heavy atom. The molecule has 0 fully saturated rings. The number of rotatable bonds is 1. The highest BCUT2D eigenvalue weighted by atomic mass is 14.9. The van der Waals surface area contributed by atoms with Crippen LogP contribution in [-0.2, 0) is 0 Å². The maximum Gasteiger partial charge on any atom is 0.140 e. The predicted octanol–water partition coefficient (Wildman–Crippen LogP) is 2.26. The van der Waals surface area contributed by atoms with E-state index in [1.54, 1.807) is 0 Å². The first-order chi connectivity index (χ1) is 7.33. The van der Waals surface area contributed by atoms with Crippen LogP contribution in [-0.4, -0.2) is 19.9 Å². The molecule has 0 saturated carbocycles. The van der Waals surface area contributed by atoms with Gasteiger partial charge in [0.1, 0.15) is 5.82 Å². The van der Waals surface area contributed by atoms with Crippen LogP contribution < -0.4 is 0 Å². The van der Waals surface area contributed by atoms with Crippen LogP contribution in [0.15, 0.2) is 30.7 Å². The molecular weight excluding hydrogens is 188 g/mol. The predicted molar refractivity (Wildman–Crippen MR) is 58.4 cm³/mol. The Kier molecular flexibility index (Phi) is 1.62. The van der Waals surface area contributed by atoms with Crippen molar-refractivity contribution in [3.05, 3.63) is 36.4 Å². The Balaban J connectivity index is 2.22. The van der Waals surface area contributed by atoms with E-state index in [0.717, 1.165) is 28.1 Å². The lowest BCUT2D eigenvalue weighted by atomic mass is 10.3. The first-order valence-electron chi connectivity index (χ1n) is 4.78. The number of imidazole rings is 1. The molecule has 3 rings (SSSR count). The van der Waals surface area contributed by atoms with Gasteiger partial charge in [0, 0.05) is 23.7 Å². The molecular formula is C11H10N4. The summed E-state index contributed by atoms with van der Waals surface area (Å²) in [6.45, 7) is 1.96. The lowest BCUT2D eigenvalue weighted by Gasteiger charge is -1.88. The van der Waals surface area contributed by atoms with E-state index >= 15 is 0 Å². The minimum absolute atomic E-state index is 0.874. The Bertz CT molecular complexity index is 592. The van der Waals surface area contributed by atoms with Crippen LogP contribution >= 0.6 is 0 Å². The van der Waals surface area contributed by atoms with Gasteiger partial charge in [0.25, 0.3) is 0 Å².